The molecule has 2 saturated heterocycles. The molecule has 2 fully saturated rings. The lowest BCUT2D eigenvalue weighted by Gasteiger charge is -2.16. The van der Waals surface area contributed by atoms with Gasteiger partial charge < -0.3 is 5.11 Å². The highest BCUT2D eigenvalue weighted by atomic mass is 17.2. The highest BCUT2D eigenvalue weighted by Crippen LogP contribution is 2.31. The molecule has 2 aliphatic rings. The molecule has 2 aliphatic heterocycles. The second kappa shape index (κ2) is 14.2. The summed E-state index contributed by atoms with van der Waals surface area (Å²) in [5.41, 5.74) is 0. The molecule has 0 aliphatic carbocycles. The molecule has 5 unspecified atom stereocenters. The SMILES string of the molecule is CC/C=C\C/C=C\C/C=C/C=C/C1CC(C2CC(C(CCC(=O)O)OO)OO2)OO1. The molecule has 2 heterocycles. The smallest absolute Gasteiger partial charge is 0.303 e. The highest BCUT2D eigenvalue weighted by Gasteiger charge is 2.42. The minimum Gasteiger partial charge on any atom is -0.481 e. The van der Waals surface area contributed by atoms with Crippen LogP contribution < -0.4 is 0 Å². The van der Waals surface area contributed by atoms with E-state index in [1.54, 1.807) is 0 Å². The Hall–Kier alpha value is -1.81. The maximum absolute atomic E-state index is 10.7. The topological polar surface area (TPSA) is 104 Å². The summed E-state index contributed by atoms with van der Waals surface area (Å²) in [6.45, 7) is 2.12. The van der Waals surface area contributed by atoms with Crippen molar-refractivity contribution in [1.29, 1.82) is 0 Å². The van der Waals surface area contributed by atoms with E-state index in [9.17, 15) is 4.79 Å². The molecule has 30 heavy (non-hydrogen) atoms. The van der Waals surface area contributed by atoms with E-state index in [1.165, 1.54) is 0 Å². The average molecular weight is 424 g/mol. The quantitative estimate of drug-likeness (QED) is 0.195. The van der Waals surface area contributed by atoms with Gasteiger partial charge in [0.15, 0.2) is 0 Å². The molecule has 0 saturated carbocycles. The molecule has 2 rings (SSSR count). The second-order valence-corrected chi connectivity index (χ2v) is 7.22. The van der Waals surface area contributed by atoms with Gasteiger partial charge in [-0.25, -0.2) is 24.4 Å². The fourth-order valence-corrected chi connectivity index (χ4v) is 3.18. The third-order valence-corrected chi connectivity index (χ3v) is 4.83. The molecule has 0 aromatic rings. The first-order chi connectivity index (χ1) is 14.6. The summed E-state index contributed by atoms with van der Waals surface area (Å²) in [6, 6.07) is 0. The number of carbonyl (C=O) groups is 1. The van der Waals surface area contributed by atoms with E-state index in [-0.39, 0.29) is 31.2 Å². The van der Waals surface area contributed by atoms with E-state index in [4.69, 9.17) is 29.9 Å². The van der Waals surface area contributed by atoms with Gasteiger partial charge in [0.2, 0.25) is 0 Å². The number of carboxylic acids is 1. The summed E-state index contributed by atoms with van der Waals surface area (Å²) >= 11 is 0. The summed E-state index contributed by atoms with van der Waals surface area (Å²) < 4.78 is 0. The van der Waals surface area contributed by atoms with Gasteiger partial charge in [0.05, 0.1) is 0 Å². The molecular weight excluding hydrogens is 392 g/mol. The standard InChI is InChI=1S/C22H32O8/c1-2-3-4-5-6-7-8-9-10-11-12-17-15-19(28-27-17)21-16-20(29-30-21)18(26-25)13-14-22(23)24/h3-4,6-7,9-12,17-21,25H,2,5,8,13-16H2,1H3,(H,23,24)/b4-3-,7-6-,10-9+,12-11+. The normalized spacial score (nSPS) is 28.6. The minimum atomic E-state index is -0.969. The van der Waals surface area contributed by atoms with Gasteiger partial charge in [-0.15, -0.1) is 0 Å². The molecule has 8 nitrogen and oxygen atoms in total. The predicted octanol–water partition coefficient (Wildman–Crippen LogP) is 4.30. The van der Waals surface area contributed by atoms with Gasteiger partial charge in [-0.1, -0.05) is 55.5 Å². The Kier molecular flexibility index (Phi) is 11.6. The van der Waals surface area contributed by atoms with E-state index in [0.29, 0.717) is 12.8 Å². The molecule has 0 bridgehead atoms. The molecule has 8 heteroatoms. The van der Waals surface area contributed by atoms with Crippen molar-refractivity contribution in [2.45, 2.75) is 82.4 Å². The Labute approximate surface area is 177 Å². The molecule has 0 spiro atoms. The maximum Gasteiger partial charge on any atom is 0.303 e. The van der Waals surface area contributed by atoms with Crippen molar-refractivity contribution < 1.29 is 39.6 Å². The Morgan fingerprint density at radius 1 is 1.00 bits per heavy atom. The number of hydrogen-bond acceptors (Lipinski definition) is 7. The summed E-state index contributed by atoms with van der Waals surface area (Å²) in [6.07, 6.45) is 18.2. The van der Waals surface area contributed by atoms with E-state index in [0.717, 1.165) is 19.3 Å². The third-order valence-electron chi connectivity index (χ3n) is 4.83. The van der Waals surface area contributed by atoms with Crippen LogP contribution in [0.5, 0.6) is 0 Å². The van der Waals surface area contributed by atoms with E-state index < -0.39 is 18.2 Å². The van der Waals surface area contributed by atoms with Crippen LogP contribution in [0.3, 0.4) is 0 Å². The Bertz CT molecular complexity index is 612. The van der Waals surface area contributed by atoms with Gasteiger partial charge in [0, 0.05) is 19.3 Å². The number of aliphatic carboxylic acids is 1. The van der Waals surface area contributed by atoms with Crippen LogP contribution >= 0.6 is 0 Å². The molecule has 168 valence electrons. The molecule has 5 atom stereocenters. The van der Waals surface area contributed by atoms with Gasteiger partial charge in [-0.3, -0.25) is 10.1 Å². The van der Waals surface area contributed by atoms with Crippen LogP contribution in [0, 0.1) is 0 Å². The lowest BCUT2D eigenvalue weighted by Crippen LogP contribution is -2.30. The first-order valence-electron chi connectivity index (χ1n) is 10.4. The fourth-order valence-electron chi connectivity index (χ4n) is 3.18. The molecular formula is C22H32O8. The third kappa shape index (κ3) is 8.91. The van der Waals surface area contributed by atoms with Crippen LogP contribution in [0.4, 0.5) is 0 Å². The monoisotopic (exact) mass is 424 g/mol. The lowest BCUT2D eigenvalue weighted by atomic mass is 9.98. The van der Waals surface area contributed by atoms with Crippen molar-refractivity contribution in [3.05, 3.63) is 48.6 Å². The van der Waals surface area contributed by atoms with E-state index in [2.05, 4.69) is 42.2 Å². The molecule has 0 radical (unpaired) electrons. The number of hydrogen-bond donors (Lipinski definition) is 2. The number of rotatable bonds is 13. The summed E-state index contributed by atoms with van der Waals surface area (Å²) in [5.74, 6) is -0.969. The van der Waals surface area contributed by atoms with Crippen LogP contribution in [-0.4, -0.2) is 46.9 Å². The van der Waals surface area contributed by atoms with E-state index >= 15 is 0 Å². The Balaban J connectivity index is 1.66. The summed E-state index contributed by atoms with van der Waals surface area (Å²) in [4.78, 5) is 36.2. The highest BCUT2D eigenvalue weighted by molar-refractivity contribution is 5.66. The van der Waals surface area contributed by atoms with Gasteiger partial charge in [0.1, 0.15) is 30.5 Å². The van der Waals surface area contributed by atoms with Crippen molar-refractivity contribution in [2.24, 2.45) is 0 Å². The number of carboxylic acid groups (broad SMARTS) is 1. The fraction of sp³-hybridized carbons (Fsp3) is 0.591. The van der Waals surface area contributed by atoms with Gasteiger partial charge in [-0.2, -0.15) is 0 Å². The van der Waals surface area contributed by atoms with Gasteiger partial charge >= 0.3 is 5.97 Å². The van der Waals surface area contributed by atoms with Crippen LogP contribution in [0.15, 0.2) is 48.6 Å². The van der Waals surface area contributed by atoms with Gasteiger partial charge in [0.25, 0.3) is 0 Å². The summed E-state index contributed by atoms with van der Waals surface area (Å²) in [7, 11) is 0. The zero-order valence-corrected chi connectivity index (χ0v) is 17.3. The summed E-state index contributed by atoms with van der Waals surface area (Å²) in [5, 5.41) is 17.8. The average Bonchev–Trinajstić information content (AvgIpc) is 3.39. The zero-order chi connectivity index (χ0) is 21.6. The molecule has 0 aromatic carbocycles. The van der Waals surface area contributed by atoms with Crippen molar-refractivity contribution in [2.75, 3.05) is 0 Å². The van der Waals surface area contributed by atoms with Crippen molar-refractivity contribution in [3.63, 3.8) is 0 Å². The predicted molar refractivity (Wildman–Crippen MR) is 109 cm³/mol. The van der Waals surface area contributed by atoms with E-state index in [1.807, 2.05) is 18.2 Å². The molecule has 0 aromatic heterocycles. The first-order valence-corrected chi connectivity index (χ1v) is 10.4. The first kappa shape index (κ1) is 24.5. The minimum absolute atomic E-state index is 0.122. The lowest BCUT2D eigenvalue weighted by molar-refractivity contribution is -0.367. The number of allylic oxidation sites excluding steroid dienone is 7. The van der Waals surface area contributed by atoms with Gasteiger partial charge in [-0.05, 0) is 25.7 Å². The van der Waals surface area contributed by atoms with Crippen LogP contribution in [0.25, 0.3) is 0 Å². The van der Waals surface area contributed by atoms with Crippen LogP contribution in [0.1, 0.15) is 51.9 Å². The van der Waals surface area contributed by atoms with Crippen molar-refractivity contribution >= 4 is 5.97 Å². The molecule has 2 N–H and O–H groups in total. The zero-order valence-electron chi connectivity index (χ0n) is 17.3. The maximum atomic E-state index is 10.7. The van der Waals surface area contributed by atoms with Crippen molar-refractivity contribution in [1.82, 2.24) is 0 Å². The van der Waals surface area contributed by atoms with Crippen LogP contribution in [0.2, 0.25) is 0 Å². The largest absolute Gasteiger partial charge is 0.481 e. The Morgan fingerprint density at radius 3 is 2.43 bits per heavy atom. The Morgan fingerprint density at radius 2 is 1.70 bits per heavy atom. The molecule has 0 amide bonds. The van der Waals surface area contributed by atoms with Crippen molar-refractivity contribution in [3.8, 4) is 0 Å². The van der Waals surface area contributed by atoms with Crippen LogP contribution in [-0.2, 0) is 29.2 Å². The second-order valence-electron chi connectivity index (χ2n) is 7.22.